The van der Waals surface area contributed by atoms with Gasteiger partial charge in [-0.2, -0.15) is 0 Å². The van der Waals surface area contributed by atoms with E-state index in [1.54, 1.807) is 20.3 Å². The van der Waals surface area contributed by atoms with E-state index < -0.39 is 0 Å². The van der Waals surface area contributed by atoms with Gasteiger partial charge in [-0.15, -0.1) is 12.4 Å². The molecule has 1 atom stereocenters. The Hall–Kier alpha value is -0.640. The molecule has 86 valence electrons. The van der Waals surface area contributed by atoms with E-state index >= 15 is 0 Å². The number of ether oxygens (including phenoxy) is 2. The lowest BCUT2D eigenvalue weighted by atomic mass is 10.1. The molecule has 0 bridgehead atoms. The summed E-state index contributed by atoms with van der Waals surface area (Å²) >= 11 is 6.10. The summed E-state index contributed by atoms with van der Waals surface area (Å²) < 4.78 is 10.2. The van der Waals surface area contributed by atoms with Crippen LogP contribution in [0.2, 0.25) is 5.02 Å². The molecule has 3 nitrogen and oxygen atoms in total. The molecule has 0 aliphatic rings. The van der Waals surface area contributed by atoms with Crippen molar-refractivity contribution >= 4 is 24.0 Å². The lowest BCUT2D eigenvalue weighted by Gasteiger charge is -2.14. The standard InChI is InChI=1S/C10H14ClNO2.ClH/c1-6(12)7-4-5-8(13-2)10(14-3)9(7)11;/h4-6H,12H2,1-3H3;1H/t6-;/m0./s1. The first-order valence-electron chi connectivity index (χ1n) is 4.27. The van der Waals surface area contributed by atoms with Gasteiger partial charge in [0.25, 0.3) is 0 Å². The highest BCUT2D eigenvalue weighted by Gasteiger charge is 2.14. The molecule has 1 rings (SSSR count). The molecule has 0 saturated heterocycles. The highest BCUT2D eigenvalue weighted by atomic mass is 35.5. The van der Waals surface area contributed by atoms with Crippen molar-refractivity contribution in [2.24, 2.45) is 5.73 Å². The molecule has 0 radical (unpaired) electrons. The van der Waals surface area contributed by atoms with Gasteiger partial charge in [0.1, 0.15) is 0 Å². The minimum Gasteiger partial charge on any atom is -0.493 e. The van der Waals surface area contributed by atoms with Crippen LogP contribution in [-0.2, 0) is 0 Å². The molecule has 2 N–H and O–H groups in total. The Morgan fingerprint density at radius 1 is 1.27 bits per heavy atom. The number of methoxy groups -OCH3 is 2. The van der Waals surface area contributed by atoms with Crippen LogP contribution in [0.1, 0.15) is 18.5 Å². The average molecular weight is 252 g/mol. The van der Waals surface area contributed by atoms with Gasteiger partial charge in [-0.05, 0) is 18.6 Å². The van der Waals surface area contributed by atoms with Crippen LogP contribution in [0.25, 0.3) is 0 Å². The number of rotatable bonds is 3. The van der Waals surface area contributed by atoms with Crippen LogP contribution >= 0.6 is 24.0 Å². The van der Waals surface area contributed by atoms with E-state index in [9.17, 15) is 0 Å². The van der Waals surface area contributed by atoms with Crippen molar-refractivity contribution in [2.45, 2.75) is 13.0 Å². The summed E-state index contributed by atoms with van der Waals surface area (Å²) in [7, 11) is 3.12. The normalized spacial score (nSPS) is 11.5. The summed E-state index contributed by atoms with van der Waals surface area (Å²) in [4.78, 5) is 0. The van der Waals surface area contributed by atoms with Crippen molar-refractivity contribution in [3.8, 4) is 11.5 Å². The number of hydrogen-bond donors (Lipinski definition) is 1. The second-order valence-corrected chi connectivity index (χ2v) is 3.37. The van der Waals surface area contributed by atoms with E-state index in [0.29, 0.717) is 16.5 Å². The highest BCUT2D eigenvalue weighted by molar-refractivity contribution is 6.33. The number of nitrogens with two attached hydrogens (primary N) is 1. The molecular weight excluding hydrogens is 237 g/mol. The first-order chi connectivity index (χ1) is 6.61. The molecular formula is C10H15Cl2NO2. The quantitative estimate of drug-likeness (QED) is 0.899. The summed E-state index contributed by atoms with van der Waals surface area (Å²) in [6, 6.07) is 3.51. The zero-order valence-corrected chi connectivity index (χ0v) is 10.5. The highest BCUT2D eigenvalue weighted by Crippen LogP contribution is 2.38. The van der Waals surface area contributed by atoms with E-state index in [1.165, 1.54) is 0 Å². The van der Waals surface area contributed by atoms with E-state index in [2.05, 4.69) is 0 Å². The molecule has 0 amide bonds. The third-order valence-electron chi connectivity index (χ3n) is 2.01. The van der Waals surface area contributed by atoms with Gasteiger partial charge in [-0.3, -0.25) is 0 Å². The largest absolute Gasteiger partial charge is 0.493 e. The Kier molecular flexibility index (Phi) is 5.80. The smallest absolute Gasteiger partial charge is 0.179 e. The van der Waals surface area contributed by atoms with Crippen molar-refractivity contribution in [1.29, 1.82) is 0 Å². The van der Waals surface area contributed by atoms with Gasteiger partial charge in [-0.1, -0.05) is 17.7 Å². The number of hydrogen-bond acceptors (Lipinski definition) is 3. The summed E-state index contributed by atoms with van der Waals surface area (Å²) in [6.45, 7) is 1.87. The van der Waals surface area contributed by atoms with Gasteiger partial charge in [0.2, 0.25) is 0 Å². The molecule has 0 heterocycles. The first kappa shape index (κ1) is 14.4. The Bertz CT molecular complexity index is 329. The molecule has 0 aliphatic carbocycles. The average Bonchev–Trinajstić information content (AvgIpc) is 2.16. The van der Waals surface area contributed by atoms with Crippen LogP contribution in [-0.4, -0.2) is 14.2 Å². The van der Waals surface area contributed by atoms with Gasteiger partial charge in [-0.25, -0.2) is 0 Å². The molecule has 0 saturated carbocycles. The molecule has 0 aromatic heterocycles. The van der Waals surface area contributed by atoms with E-state index in [4.69, 9.17) is 26.8 Å². The predicted octanol–water partition coefficient (Wildman–Crippen LogP) is 2.80. The number of benzene rings is 1. The molecule has 15 heavy (non-hydrogen) atoms. The SMILES string of the molecule is COc1ccc([C@H](C)N)c(Cl)c1OC.Cl. The first-order valence-corrected chi connectivity index (χ1v) is 4.65. The Balaban J connectivity index is 0.00000196. The Morgan fingerprint density at radius 2 is 1.87 bits per heavy atom. The summed E-state index contributed by atoms with van der Waals surface area (Å²) in [5.74, 6) is 1.14. The van der Waals surface area contributed by atoms with Crippen molar-refractivity contribution < 1.29 is 9.47 Å². The second kappa shape index (κ2) is 6.05. The van der Waals surface area contributed by atoms with Crippen molar-refractivity contribution in [3.63, 3.8) is 0 Å². The molecule has 1 aromatic carbocycles. The van der Waals surface area contributed by atoms with Crippen molar-refractivity contribution in [2.75, 3.05) is 14.2 Å². The molecule has 0 spiro atoms. The summed E-state index contributed by atoms with van der Waals surface area (Å²) in [6.07, 6.45) is 0. The van der Waals surface area contributed by atoms with Gasteiger partial charge < -0.3 is 15.2 Å². The zero-order valence-electron chi connectivity index (χ0n) is 8.91. The van der Waals surface area contributed by atoms with Crippen LogP contribution in [0.3, 0.4) is 0 Å². The van der Waals surface area contributed by atoms with Crippen molar-refractivity contribution in [1.82, 2.24) is 0 Å². The summed E-state index contributed by atoms with van der Waals surface area (Å²) in [5.41, 5.74) is 6.60. The lowest BCUT2D eigenvalue weighted by Crippen LogP contribution is -2.06. The lowest BCUT2D eigenvalue weighted by molar-refractivity contribution is 0.354. The van der Waals surface area contributed by atoms with Crippen LogP contribution in [0, 0.1) is 0 Å². The predicted molar refractivity (Wildman–Crippen MR) is 64.4 cm³/mol. The Labute approximate surface area is 101 Å². The maximum atomic E-state index is 6.10. The van der Waals surface area contributed by atoms with Crippen molar-refractivity contribution in [3.05, 3.63) is 22.7 Å². The molecule has 1 aromatic rings. The van der Waals surface area contributed by atoms with E-state index in [0.717, 1.165) is 5.56 Å². The van der Waals surface area contributed by atoms with Crippen LogP contribution in [0.5, 0.6) is 11.5 Å². The fourth-order valence-electron chi connectivity index (χ4n) is 1.26. The number of halogens is 2. The molecule has 0 unspecified atom stereocenters. The second-order valence-electron chi connectivity index (χ2n) is 2.99. The minimum absolute atomic E-state index is 0. The third-order valence-corrected chi connectivity index (χ3v) is 2.40. The minimum atomic E-state index is -0.123. The van der Waals surface area contributed by atoms with Crippen LogP contribution in [0.15, 0.2) is 12.1 Å². The van der Waals surface area contributed by atoms with Crippen LogP contribution in [0.4, 0.5) is 0 Å². The molecule has 0 aliphatic heterocycles. The fourth-order valence-corrected chi connectivity index (χ4v) is 1.66. The monoisotopic (exact) mass is 251 g/mol. The topological polar surface area (TPSA) is 44.5 Å². The Morgan fingerprint density at radius 3 is 2.27 bits per heavy atom. The zero-order chi connectivity index (χ0) is 10.7. The van der Waals surface area contributed by atoms with Crippen LogP contribution < -0.4 is 15.2 Å². The maximum absolute atomic E-state index is 6.10. The van der Waals surface area contributed by atoms with Gasteiger partial charge >= 0.3 is 0 Å². The molecule has 0 fully saturated rings. The fraction of sp³-hybridized carbons (Fsp3) is 0.400. The third kappa shape index (κ3) is 2.91. The van der Waals surface area contributed by atoms with Gasteiger partial charge in [0, 0.05) is 6.04 Å². The molecule has 5 heteroatoms. The van der Waals surface area contributed by atoms with E-state index in [1.807, 2.05) is 13.0 Å². The maximum Gasteiger partial charge on any atom is 0.179 e. The van der Waals surface area contributed by atoms with Gasteiger partial charge in [0.05, 0.1) is 19.2 Å². The van der Waals surface area contributed by atoms with E-state index in [-0.39, 0.29) is 18.4 Å². The van der Waals surface area contributed by atoms with Gasteiger partial charge in [0.15, 0.2) is 11.5 Å². The summed E-state index contributed by atoms with van der Waals surface area (Å²) in [5, 5.41) is 0.516.